The van der Waals surface area contributed by atoms with Gasteiger partial charge >= 0.3 is 6.18 Å². The second-order valence-electron chi connectivity index (χ2n) is 7.59. The summed E-state index contributed by atoms with van der Waals surface area (Å²) in [5.74, 6) is 0. The van der Waals surface area contributed by atoms with E-state index in [1.54, 1.807) is 0 Å². The van der Waals surface area contributed by atoms with Gasteiger partial charge in [-0.1, -0.05) is 30.3 Å². The summed E-state index contributed by atoms with van der Waals surface area (Å²) in [5, 5.41) is 40.6. The maximum absolute atomic E-state index is 13.7. The monoisotopic (exact) mass is 454 g/mol. The van der Waals surface area contributed by atoms with Gasteiger partial charge in [-0.2, -0.15) is 13.2 Å². The summed E-state index contributed by atoms with van der Waals surface area (Å²) in [6, 6.07) is 12.8. The number of ether oxygens (including phenoxy) is 1. The summed E-state index contributed by atoms with van der Waals surface area (Å²) in [6.45, 7) is -0.614. The van der Waals surface area contributed by atoms with Crippen molar-refractivity contribution in [3.63, 3.8) is 0 Å². The topological polar surface area (TPSA) is 90.2 Å². The Labute approximate surface area is 180 Å². The lowest BCUT2D eigenvalue weighted by Gasteiger charge is -2.40. The van der Waals surface area contributed by atoms with Crippen molar-refractivity contribution >= 4 is 21.4 Å². The number of aliphatic hydroxyl groups excluding tert-OH is 4. The lowest BCUT2D eigenvalue weighted by Crippen LogP contribution is -2.55. The smallest absolute Gasteiger partial charge is 0.394 e. The molecule has 1 aromatic heterocycles. The second kappa shape index (κ2) is 8.50. The molecule has 5 nitrogen and oxygen atoms in total. The van der Waals surface area contributed by atoms with Crippen LogP contribution >= 0.6 is 11.3 Å². The number of aliphatic hydroxyl groups is 4. The van der Waals surface area contributed by atoms with Crippen molar-refractivity contribution in [1.29, 1.82) is 0 Å². The summed E-state index contributed by atoms with van der Waals surface area (Å²) in [5.41, 5.74) is -0.562. The first-order valence-electron chi connectivity index (χ1n) is 9.67. The van der Waals surface area contributed by atoms with Crippen molar-refractivity contribution in [3.05, 3.63) is 70.1 Å². The van der Waals surface area contributed by atoms with E-state index in [-0.39, 0.29) is 17.5 Å². The molecule has 1 fully saturated rings. The lowest BCUT2D eigenvalue weighted by atomic mass is 9.89. The molecule has 2 aromatic carbocycles. The Balaban J connectivity index is 1.72. The Bertz CT molecular complexity index is 1030. The van der Waals surface area contributed by atoms with Crippen LogP contribution in [0.5, 0.6) is 0 Å². The molecule has 2 heterocycles. The molecule has 0 aliphatic carbocycles. The molecule has 0 radical (unpaired) electrons. The fraction of sp³-hybridized carbons (Fsp3) is 0.364. The van der Waals surface area contributed by atoms with E-state index in [0.29, 0.717) is 0 Å². The van der Waals surface area contributed by atoms with Crippen molar-refractivity contribution in [1.82, 2.24) is 0 Å². The molecule has 9 heteroatoms. The average Bonchev–Trinajstić information content (AvgIpc) is 3.14. The molecular formula is C22H21F3O5S. The zero-order valence-corrected chi connectivity index (χ0v) is 17.0. The second-order valence-corrected chi connectivity index (χ2v) is 8.76. The van der Waals surface area contributed by atoms with E-state index in [9.17, 15) is 33.6 Å². The summed E-state index contributed by atoms with van der Waals surface area (Å²) < 4.78 is 47.4. The van der Waals surface area contributed by atoms with Crippen LogP contribution in [0, 0.1) is 0 Å². The Morgan fingerprint density at radius 2 is 1.68 bits per heavy atom. The van der Waals surface area contributed by atoms with Gasteiger partial charge < -0.3 is 25.2 Å². The van der Waals surface area contributed by atoms with Gasteiger partial charge in [0, 0.05) is 16.0 Å². The molecule has 3 aromatic rings. The largest absolute Gasteiger partial charge is 0.416 e. The van der Waals surface area contributed by atoms with Gasteiger partial charge in [0.1, 0.15) is 30.5 Å². The Hall–Kier alpha value is -2.01. The first-order chi connectivity index (χ1) is 14.7. The minimum Gasteiger partial charge on any atom is -0.394 e. The molecular weight excluding hydrogens is 433 g/mol. The molecule has 0 saturated carbocycles. The quantitative estimate of drug-likeness (QED) is 0.487. The van der Waals surface area contributed by atoms with Gasteiger partial charge in [0.15, 0.2) is 0 Å². The highest BCUT2D eigenvalue weighted by atomic mass is 32.1. The highest BCUT2D eigenvalue weighted by molar-refractivity contribution is 7.19. The van der Waals surface area contributed by atoms with E-state index >= 15 is 0 Å². The van der Waals surface area contributed by atoms with Gasteiger partial charge in [-0.25, -0.2) is 0 Å². The molecule has 0 amide bonds. The zero-order valence-electron chi connectivity index (χ0n) is 16.2. The Morgan fingerprint density at radius 3 is 2.35 bits per heavy atom. The van der Waals surface area contributed by atoms with Crippen molar-refractivity contribution in [2.75, 3.05) is 6.61 Å². The van der Waals surface area contributed by atoms with Crippen LogP contribution in [0.2, 0.25) is 0 Å². The highest BCUT2D eigenvalue weighted by Crippen LogP contribution is 2.38. The van der Waals surface area contributed by atoms with E-state index in [1.165, 1.54) is 23.5 Å². The summed E-state index contributed by atoms with van der Waals surface area (Å²) in [7, 11) is 0. The van der Waals surface area contributed by atoms with Crippen LogP contribution in [-0.4, -0.2) is 51.4 Å². The van der Waals surface area contributed by atoms with Gasteiger partial charge in [-0.15, -0.1) is 11.3 Å². The third-order valence-corrected chi connectivity index (χ3v) is 6.61. The van der Waals surface area contributed by atoms with Gasteiger partial charge in [-0.3, -0.25) is 0 Å². The Morgan fingerprint density at radius 1 is 0.935 bits per heavy atom. The van der Waals surface area contributed by atoms with E-state index in [1.807, 2.05) is 30.3 Å². The van der Waals surface area contributed by atoms with Crippen molar-refractivity contribution in [2.45, 2.75) is 43.1 Å². The van der Waals surface area contributed by atoms with Gasteiger partial charge in [0.05, 0.1) is 12.2 Å². The molecule has 31 heavy (non-hydrogen) atoms. The molecule has 4 N–H and O–H groups in total. The fourth-order valence-electron chi connectivity index (χ4n) is 3.90. The van der Waals surface area contributed by atoms with Crippen LogP contribution in [0.15, 0.2) is 48.5 Å². The summed E-state index contributed by atoms with van der Waals surface area (Å²) >= 11 is 1.40. The fourth-order valence-corrected chi connectivity index (χ4v) is 4.99. The van der Waals surface area contributed by atoms with Gasteiger partial charge in [0.25, 0.3) is 0 Å². The van der Waals surface area contributed by atoms with E-state index in [2.05, 4.69) is 0 Å². The number of benzene rings is 2. The van der Waals surface area contributed by atoms with E-state index in [4.69, 9.17) is 4.74 Å². The predicted octanol–water partition coefficient (Wildman–Crippen LogP) is 3.03. The van der Waals surface area contributed by atoms with Gasteiger partial charge in [0.2, 0.25) is 0 Å². The van der Waals surface area contributed by atoms with Crippen LogP contribution in [0.1, 0.15) is 27.7 Å². The third-order valence-electron chi connectivity index (χ3n) is 5.50. The normalized spacial score (nSPS) is 27.0. The minimum atomic E-state index is -4.57. The van der Waals surface area contributed by atoms with E-state index in [0.717, 1.165) is 21.0 Å². The summed E-state index contributed by atoms with van der Waals surface area (Å²) in [6.07, 6.45) is -11.6. The Kier molecular flexibility index (Phi) is 6.08. The number of alkyl halides is 3. The van der Waals surface area contributed by atoms with Crippen molar-refractivity contribution in [3.8, 4) is 0 Å². The van der Waals surface area contributed by atoms with Crippen LogP contribution in [-0.2, 0) is 17.3 Å². The standard InChI is InChI=1S/C22H21F3O5S/c23-22(24,25)15-6-5-12(21-20(29)19(28)18(27)16(10-26)30-21)7-13(15)9-14-8-11-3-1-2-4-17(11)31-14/h1-8,16,18-21,26-29H,9-10H2/t16?,18-,19?,20-,21?/m1/s1. The highest BCUT2D eigenvalue weighted by Gasteiger charge is 2.44. The SMILES string of the molecule is OCC1OC(c2ccc(C(F)(F)F)c(Cc3cc4ccccc4s3)c2)[C@H](O)C(O)[C@@H]1O. The van der Waals surface area contributed by atoms with Crippen LogP contribution in [0.3, 0.4) is 0 Å². The van der Waals surface area contributed by atoms with Gasteiger partial charge in [-0.05, 0) is 34.7 Å². The number of rotatable bonds is 4. The first kappa shape index (κ1) is 22.2. The van der Waals surface area contributed by atoms with Crippen molar-refractivity contribution < 1.29 is 38.3 Å². The molecule has 4 rings (SSSR count). The molecule has 0 bridgehead atoms. The first-order valence-corrected chi connectivity index (χ1v) is 10.5. The maximum Gasteiger partial charge on any atom is 0.416 e. The van der Waals surface area contributed by atoms with Crippen LogP contribution in [0.4, 0.5) is 13.2 Å². The number of fused-ring (bicyclic) bond motifs is 1. The third kappa shape index (κ3) is 4.34. The number of halogens is 3. The summed E-state index contributed by atoms with van der Waals surface area (Å²) in [4.78, 5) is 0.748. The molecule has 1 aliphatic rings. The van der Waals surface area contributed by atoms with Crippen molar-refractivity contribution in [2.24, 2.45) is 0 Å². The maximum atomic E-state index is 13.7. The molecule has 3 unspecified atom stereocenters. The predicted molar refractivity (Wildman–Crippen MR) is 109 cm³/mol. The van der Waals surface area contributed by atoms with Crippen LogP contribution in [0.25, 0.3) is 10.1 Å². The lowest BCUT2D eigenvalue weighted by molar-refractivity contribution is -0.231. The molecule has 1 saturated heterocycles. The number of hydrogen-bond acceptors (Lipinski definition) is 6. The number of thiophene rings is 1. The number of hydrogen-bond donors (Lipinski definition) is 4. The molecule has 0 spiro atoms. The average molecular weight is 454 g/mol. The minimum absolute atomic E-state index is 0.00789. The molecule has 1 aliphatic heterocycles. The zero-order chi connectivity index (χ0) is 22.3. The van der Waals surface area contributed by atoms with Crippen LogP contribution < -0.4 is 0 Å². The molecule has 5 atom stereocenters. The molecule has 166 valence electrons. The van der Waals surface area contributed by atoms with E-state index < -0.39 is 48.9 Å².